The fourth-order valence-corrected chi connectivity index (χ4v) is 2.44. The van der Waals surface area contributed by atoms with Gasteiger partial charge in [-0.25, -0.2) is 5.43 Å². The number of rotatable bonds is 5. The number of carbonyl (C=O) groups is 1. The molecule has 0 saturated heterocycles. The summed E-state index contributed by atoms with van der Waals surface area (Å²) in [6.07, 6.45) is 1.62. The summed E-state index contributed by atoms with van der Waals surface area (Å²) in [4.78, 5) is 12.7. The second-order valence-electron chi connectivity index (χ2n) is 4.75. The van der Waals surface area contributed by atoms with Crippen molar-refractivity contribution in [3.8, 4) is 5.75 Å². The number of nitrogens with one attached hydrogen (secondary N) is 1. The van der Waals surface area contributed by atoms with Crippen molar-refractivity contribution in [2.75, 3.05) is 6.61 Å². The molecule has 4 nitrogen and oxygen atoms in total. The zero-order valence-electron chi connectivity index (χ0n) is 12.3. The highest BCUT2D eigenvalue weighted by Crippen LogP contribution is 2.25. The highest BCUT2D eigenvalue weighted by atomic mass is 32.1. The lowest BCUT2D eigenvalue weighted by atomic mass is 10.1. The number of nitrogens with zero attached hydrogens (tertiary/aromatic N) is 1. The molecule has 1 amide bonds. The van der Waals surface area contributed by atoms with Crippen LogP contribution < -0.4 is 10.2 Å². The van der Waals surface area contributed by atoms with Crippen LogP contribution in [0.25, 0.3) is 0 Å². The summed E-state index contributed by atoms with van der Waals surface area (Å²) in [7, 11) is 0. The van der Waals surface area contributed by atoms with Crippen molar-refractivity contribution in [3.05, 3.63) is 51.2 Å². The molecule has 0 atom stereocenters. The molecular weight excluding hydrogens is 284 g/mol. The summed E-state index contributed by atoms with van der Waals surface area (Å²) in [6.45, 7) is 5.93. The summed E-state index contributed by atoms with van der Waals surface area (Å²) in [5.41, 5.74) is 5.68. The van der Waals surface area contributed by atoms with E-state index in [9.17, 15) is 4.79 Å². The van der Waals surface area contributed by atoms with Crippen molar-refractivity contribution in [2.24, 2.45) is 5.10 Å². The Hall–Kier alpha value is -2.14. The fourth-order valence-electron chi connectivity index (χ4n) is 1.85. The monoisotopic (exact) mass is 302 g/mol. The molecule has 1 N–H and O–H groups in total. The van der Waals surface area contributed by atoms with Gasteiger partial charge >= 0.3 is 0 Å². The van der Waals surface area contributed by atoms with Crippen molar-refractivity contribution >= 4 is 23.5 Å². The Morgan fingerprint density at radius 1 is 1.29 bits per heavy atom. The van der Waals surface area contributed by atoms with Gasteiger partial charge in [0.2, 0.25) is 0 Å². The van der Waals surface area contributed by atoms with Crippen LogP contribution in [-0.2, 0) is 4.79 Å². The van der Waals surface area contributed by atoms with Gasteiger partial charge in [0, 0.05) is 4.88 Å². The third-order valence-electron chi connectivity index (χ3n) is 3.15. The van der Waals surface area contributed by atoms with Crippen LogP contribution in [0.5, 0.6) is 5.75 Å². The molecule has 0 bridgehead atoms. The van der Waals surface area contributed by atoms with E-state index >= 15 is 0 Å². The summed E-state index contributed by atoms with van der Waals surface area (Å²) in [5.74, 6) is 0.496. The van der Waals surface area contributed by atoms with E-state index in [0.717, 1.165) is 27.3 Å². The number of amides is 1. The van der Waals surface area contributed by atoms with Crippen LogP contribution >= 0.6 is 11.3 Å². The number of hydrazone groups is 1. The maximum atomic E-state index is 11.7. The van der Waals surface area contributed by atoms with Crippen LogP contribution in [0.15, 0.2) is 34.7 Å². The molecule has 1 aromatic carbocycles. The molecule has 1 heterocycles. The van der Waals surface area contributed by atoms with Crippen LogP contribution in [0.3, 0.4) is 0 Å². The molecule has 0 aliphatic carbocycles. The zero-order chi connectivity index (χ0) is 15.2. The maximum Gasteiger partial charge on any atom is 0.277 e. The van der Waals surface area contributed by atoms with Crippen molar-refractivity contribution in [2.45, 2.75) is 20.8 Å². The minimum Gasteiger partial charge on any atom is -0.483 e. The molecule has 0 aliphatic rings. The Morgan fingerprint density at radius 2 is 2.05 bits per heavy atom. The van der Waals surface area contributed by atoms with Crippen LogP contribution in [0.1, 0.15) is 21.6 Å². The van der Waals surface area contributed by atoms with Gasteiger partial charge in [0.15, 0.2) is 6.61 Å². The van der Waals surface area contributed by atoms with E-state index in [1.807, 2.05) is 50.4 Å². The van der Waals surface area contributed by atoms with Crippen molar-refractivity contribution < 1.29 is 9.53 Å². The molecule has 2 aromatic rings. The van der Waals surface area contributed by atoms with E-state index in [4.69, 9.17) is 4.74 Å². The molecule has 0 unspecified atom stereocenters. The van der Waals surface area contributed by atoms with Gasteiger partial charge in [-0.3, -0.25) is 4.79 Å². The van der Waals surface area contributed by atoms with Gasteiger partial charge in [0.1, 0.15) is 5.75 Å². The van der Waals surface area contributed by atoms with E-state index in [-0.39, 0.29) is 12.5 Å². The topological polar surface area (TPSA) is 50.7 Å². The first-order valence-electron chi connectivity index (χ1n) is 6.63. The van der Waals surface area contributed by atoms with Gasteiger partial charge in [0.05, 0.1) is 6.21 Å². The first-order valence-corrected chi connectivity index (χ1v) is 7.51. The largest absolute Gasteiger partial charge is 0.483 e. The number of ether oxygens (including phenoxy) is 1. The summed E-state index contributed by atoms with van der Waals surface area (Å²) < 4.78 is 5.61. The number of aryl methyl sites for hydroxylation is 2. The van der Waals surface area contributed by atoms with Gasteiger partial charge in [-0.05, 0) is 48.9 Å². The van der Waals surface area contributed by atoms with Gasteiger partial charge < -0.3 is 4.74 Å². The first-order chi connectivity index (χ1) is 10.1. The Balaban J connectivity index is 1.88. The second-order valence-corrected chi connectivity index (χ2v) is 5.73. The fraction of sp³-hybridized carbons (Fsp3) is 0.250. The lowest BCUT2D eigenvalue weighted by Gasteiger charge is -2.13. The Kier molecular flexibility index (Phi) is 5.11. The molecular formula is C16H18N2O2S. The smallest absolute Gasteiger partial charge is 0.277 e. The molecule has 2 rings (SSSR count). The summed E-state index contributed by atoms with van der Waals surface area (Å²) in [6, 6.07) is 7.89. The van der Waals surface area contributed by atoms with Gasteiger partial charge in [-0.1, -0.05) is 18.2 Å². The number of hydrogen-bond acceptors (Lipinski definition) is 4. The van der Waals surface area contributed by atoms with E-state index in [0.29, 0.717) is 0 Å². The Bertz CT molecular complexity index is 649. The quantitative estimate of drug-likeness (QED) is 0.681. The SMILES string of the molecule is Cc1ccc(C)c(OCC(=O)NN=Cc2cccs2)c1C. The highest BCUT2D eigenvalue weighted by Gasteiger charge is 2.08. The highest BCUT2D eigenvalue weighted by molar-refractivity contribution is 7.11. The minimum atomic E-state index is -0.275. The predicted molar refractivity (Wildman–Crippen MR) is 86.2 cm³/mol. The van der Waals surface area contributed by atoms with Crippen LogP contribution in [0.4, 0.5) is 0 Å². The molecule has 110 valence electrons. The van der Waals surface area contributed by atoms with Crippen LogP contribution in [0, 0.1) is 20.8 Å². The molecule has 0 aliphatic heterocycles. The minimum absolute atomic E-state index is 0.0487. The molecule has 5 heteroatoms. The normalized spacial score (nSPS) is 10.8. The molecule has 21 heavy (non-hydrogen) atoms. The van der Waals surface area contributed by atoms with E-state index in [1.54, 1.807) is 17.6 Å². The zero-order valence-corrected chi connectivity index (χ0v) is 13.2. The second kappa shape index (κ2) is 7.04. The number of hydrogen-bond donors (Lipinski definition) is 1. The van der Waals surface area contributed by atoms with Gasteiger partial charge in [0.25, 0.3) is 5.91 Å². The molecule has 0 fully saturated rings. The van der Waals surface area contributed by atoms with E-state index in [2.05, 4.69) is 10.5 Å². The molecule has 0 saturated carbocycles. The lowest BCUT2D eigenvalue weighted by molar-refractivity contribution is -0.123. The third kappa shape index (κ3) is 4.16. The van der Waals surface area contributed by atoms with Crippen molar-refractivity contribution in [1.82, 2.24) is 5.43 Å². The molecule has 0 radical (unpaired) electrons. The van der Waals surface area contributed by atoms with E-state index < -0.39 is 0 Å². The van der Waals surface area contributed by atoms with Crippen molar-refractivity contribution in [3.63, 3.8) is 0 Å². The number of benzene rings is 1. The number of carbonyl (C=O) groups excluding carboxylic acids is 1. The first kappa shape index (κ1) is 15.3. The maximum absolute atomic E-state index is 11.7. The van der Waals surface area contributed by atoms with Gasteiger partial charge in [-0.2, -0.15) is 5.10 Å². The van der Waals surface area contributed by atoms with Crippen LogP contribution in [0.2, 0.25) is 0 Å². The summed E-state index contributed by atoms with van der Waals surface area (Å²) in [5, 5.41) is 5.85. The Morgan fingerprint density at radius 3 is 2.76 bits per heavy atom. The van der Waals surface area contributed by atoms with Crippen LogP contribution in [-0.4, -0.2) is 18.7 Å². The predicted octanol–water partition coefficient (Wildman–Crippen LogP) is 3.20. The average molecular weight is 302 g/mol. The van der Waals surface area contributed by atoms with E-state index in [1.165, 1.54) is 0 Å². The lowest BCUT2D eigenvalue weighted by Crippen LogP contribution is -2.25. The van der Waals surface area contributed by atoms with Crippen molar-refractivity contribution in [1.29, 1.82) is 0 Å². The third-order valence-corrected chi connectivity index (χ3v) is 3.95. The average Bonchev–Trinajstić information content (AvgIpc) is 2.96. The standard InChI is InChI=1S/C16H18N2O2S/c1-11-6-7-12(2)16(13(11)3)20-10-15(19)18-17-9-14-5-4-8-21-14/h4-9H,10H2,1-3H3,(H,18,19). The Labute approximate surface area is 128 Å². The van der Waals surface area contributed by atoms with Gasteiger partial charge in [-0.15, -0.1) is 11.3 Å². The molecule has 0 spiro atoms. The molecule has 1 aromatic heterocycles. The summed E-state index contributed by atoms with van der Waals surface area (Å²) >= 11 is 1.56. The number of thiophene rings is 1.